The Morgan fingerprint density at radius 3 is 2.74 bits per heavy atom. The Hall–Kier alpha value is -1.30. The summed E-state index contributed by atoms with van der Waals surface area (Å²) in [5.74, 6) is 0.507. The van der Waals surface area contributed by atoms with Gasteiger partial charge in [-0.1, -0.05) is 29.8 Å². The number of likely N-dealkylation sites (tertiary alicyclic amines) is 1. The molecule has 1 aliphatic rings. The van der Waals surface area contributed by atoms with Crippen molar-refractivity contribution >= 4 is 17.6 Å². The lowest BCUT2D eigenvalue weighted by atomic mass is 9.96. The summed E-state index contributed by atoms with van der Waals surface area (Å²) >= 11 is 6.21. The first kappa shape index (κ1) is 18.0. The molecule has 1 aliphatic heterocycles. The molecule has 0 aliphatic carbocycles. The summed E-state index contributed by atoms with van der Waals surface area (Å²) in [7, 11) is 0. The molecule has 1 aromatic rings. The minimum Gasteiger partial charge on any atom is -0.394 e. The molecule has 0 aromatic heterocycles. The molecule has 0 saturated carbocycles. The summed E-state index contributed by atoms with van der Waals surface area (Å²) in [6.45, 7) is 5.33. The van der Waals surface area contributed by atoms with Crippen molar-refractivity contribution in [3.63, 3.8) is 0 Å². The predicted molar refractivity (Wildman–Crippen MR) is 92.5 cm³/mol. The van der Waals surface area contributed by atoms with E-state index >= 15 is 0 Å². The molecule has 0 unspecified atom stereocenters. The number of aliphatic hydroxyl groups is 1. The van der Waals surface area contributed by atoms with Crippen LogP contribution in [0.4, 0.5) is 4.79 Å². The molecule has 1 atom stereocenters. The van der Waals surface area contributed by atoms with Gasteiger partial charge in [0, 0.05) is 18.1 Å². The zero-order valence-electron chi connectivity index (χ0n) is 13.6. The zero-order valence-corrected chi connectivity index (χ0v) is 14.4. The number of hydrogen-bond donors (Lipinski definition) is 3. The maximum atomic E-state index is 11.6. The lowest BCUT2D eigenvalue weighted by Gasteiger charge is -2.32. The third kappa shape index (κ3) is 6.01. The van der Waals surface area contributed by atoms with Crippen LogP contribution in [0.25, 0.3) is 0 Å². The van der Waals surface area contributed by atoms with Gasteiger partial charge in [-0.05, 0) is 50.4 Å². The highest BCUT2D eigenvalue weighted by Crippen LogP contribution is 2.21. The van der Waals surface area contributed by atoms with Crippen LogP contribution in [0.2, 0.25) is 5.02 Å². The molecule has 1 saturated heterocycles. The summed E-state index contributed by atoms with van der Waals surface area (Å²) in [5.41, 5.74) is 1.17. The maximum Gasteiger partial charge on any atom is 0.315 e. The van der Waals surface area contributed by atoms with E-state index in [1.165, 1.54) is 5.56 Å². The number of benzene rings is 1. The summed E-state index contributed by atoms with van der Waals surface area (Å²) < 4.78 is 0. The topological polar surface area (TPSA) is 64.6 Å². The Labute approximate surface area is 143 Å². The predicted octanol–water partition coefficient (Wildman–Crippen LogP) is 2.23. The third-order valence-corrected chi connectivity index (χ3v) is 4.63. The van der Waals surface area contributed by atoms with E-state index in [2.05, 4.69) is 21.6 Å². The van der Waals surface area contributed by atoms with E-state index in [0.717, 1.165) is 37.5 Å². The van der Waals surface area contributed by atoms with Crippen molar-refractivity contribution in [3.8, 4) is 0 Å². The van der Waals surface area contributed by atoms with E-state index < -0.39 is 0 Å². The van der Waals surface area contributed by atoms with Gasteiger partial charge in [-0.15, -0.1) is 0 Å². The van der Waals surface area contributed by atoms with Crippen molar-refractivity contribution in [2.45, 2.75) is 32.4 Å². The van der Waals surface area contributed by atoms with Crippen molar-refractivity contribution < 1.29 is 9.90 Å². The first-order valence-electron chi connectivity index (χ1n) is 8.19. The number of urea groups is 1. The van der Waals surface area contributed by atoms with E-state index in [0.29, 0.717) is 12.5 Å². The fraction of sp³-hybridized carbons (Fsp3) is 0.588. The molecule has 1 heterocycles. The van der Waals surface area contributed by atoms with Gasteiger partial charge in [-0.25, -0.2) is 4.79 Å². The smallest absolute Gasteiger partial charge is 0.315 e. The second-order valence-corrected chi connectivity index (χ2v) is 6.66. The molecule has 128 valence electrons. The molecule has 23 heavy (non-hydrogen) atoms. The van der Waals surface area contributed by atoms with Crippen LogP contribution in [-0.2, 0) is 6.54 Å². The Morgan fingerprint density at radius 2 is 2.09 bits per heavy atom. The van der Waals surface area contributed by atoms with E-state index in [4.69, 9.17) is 16.7 Å². The molecule has 0 spiro atoms. The minimum atomic E-state index is -0.215. The molecule has 0 radical (unpaired) electrons. The number of nitrogens with zero attached hydrogens (tertiary/aromatic N) is 1. The SMILES string of the molecule is C[C@@H](CO)NC(=O)NCC1CCN(Cc2ccccc2Cl)CC1. The van der Waals surface area contributed by atoms with Gasteiger partial charge in [0.1, 0.15) is 0 Å². The lowest BCUT2D eigenvalue weighted by Crippen LogP contribution is -2.45. The standard InChI is InChI=1S/C17H26ClN3O2/c1-13(12-22)20-17(23)19-10-14-6-8-21(9-7-14)11-15-4-2-3-5-16(15)18/h2-5,13-14,22H,6-12H2,1H3,(H2,19,20,23)/t13-/m0/s1. The molecule has 1 aromatic carbocycles. The van der Waals surface area contributed by atoms with Gasteiger partial charge in [-0.2, -0.15) is 0 Å². The van der Waals surface area contributed by atoms with Gasteiger partial charge >= 0.3 is 6.03 Å². The number of aliphatic hydroxyl groups excluding tert-OH is 1. The largest absolute Gasteiger partial charge is 0.394 e. The number of carbonyl (C=O) groups is 1. The van der Waals surface area contributed by atoms with Crippen molar-refractivity contribution in [3.05, 3.63) is 34.9 Å². The second kappa shape index (κ2) is 9.11. The van der Waals surface area contributed by atoms with Crippen LogP contribution < -0.4 is 10.6 Å². The number of nitrogens with one attached hydrogen (secondary N) is 2. The second-order valence-electron chi connectivity index (χ2n) is 6.25. The van der Waals surface area contributed by atoms with Gasteiger partial charge in [0.2, 0.25) is 0 Å². The van der Waals surface area contributed by atoms with E-state index in [1.807, 2.05) is 18.2 Å². The number of hydrogen-bond acceptors (Lipinski definition) is 3. The van der Waals surface area contributed by atoms with Gasteiger partial charge in [0.25, 0.3) is 0 Å². The van der Waals surface area contributed by atoms with Crippen LogP contribution in [0, 0.1) is 5.92 Å². The van der Waals surface area contributed by atoms with Crippen LogP contribution in [0.15, 0.2) is 24.3 Å². The van der Waals surface area contributed by atoms with E-state index in [1.54, 1.807) is 6.92 Å². The highest BCUT2D eigenvalue weighted by molar-refractivity contribution is 6.31. The Morgan fingerprint density at radius 1 is 1.39 bits per heavy atom. The van der Waals surface area contributed by atoms with Gasteiger partial charge in [-0.3, -0.25) is 4.90 Å². The van der Waals surface area contributed by atoms with Crippen LogP contribution >= 0.6 is 11.6 Å². The fourth-order valence-electron chi connectivity index (χ4n) is 2.77. The normalized spacial score (nSPS) is 17.7. The number of amides is 2. The first-order chi connectivity index (χ1) is 11.1. The quantitative estimate of drug-likeness (QED) is 0.744. The van der Waals surface area contributed by atoms with Crippen LogP contribution in [0.1, 0.15) is 25.3 Å². The molecular formula is C17H26ClN3O2. The Bertz CT molecular complexity index is 504. The Balaban J connectivity index is 1.68. The maximum absolute atomic E-state index is 11.6. The summed E-state index contributed by atoms with van der Waals surface area (Å²) in [4.78, 5) is 14.0. The van der Waals surface area contributed by atoms with Crippen molar-refractivity contribution in [1.29, 1.82) is 0 Å². The highest BCUT2D eigenvalue weighted by Gasteiger charge is 2.20. The molecule has 0 bridgehead atoms. The average Bonchev–Trinajstić information content (AvgIpc) is 2.56. The first-order valence-corrected chi connectivity index (χ1v) is 8.57. The van der Waals surface area contributed by atoms with Crippen LogP contribution in [0.5, 0.6) is 0 Å². The zero-order chi connectivity index (χ0) is 16.7. The molecule has 6 heteroatoms. The molecule has 5 nitrogen and oxygen atoms in total. The monoisotopic (exact) mass is 339 g/mol. The average molecular weight is 340 g/mol. The summed E-state index contributed by atoms with van der Waals surface area (Å²) in [5, 5.41) is 15.3. The van der Waals surface area contributed by atoms with Gasteiger partial charge in [0.05, 0.1) is 12.6 Å². The van der Waals surface area contributed by atoms with Crippen molar-refractivity contribution in [2.75, 3.05) is 26.2 Å². The van der Waals surface area contributed by atoms with Gasteiger partial charge in [0.15, 0.2) is 0 Å². The number of halogens is 1. The number of rotatable bonds is 6. The molecule has 1 fully saturated rings. The minimum absolute atomic E-state index is 0.0478. The Kier molecular flexibility index (Phi) is 7.15. The lowest BCUT2D eigenvalue weighted by molar-refractivity contribution is 0.174. The fourth-order valence-corrected chi connectivity index (χ4v) is 2.97. The third-order valence-electron chi connectivity index (χ3n) is 4.26. The summed E-state index contributed by atoms with van der Waals surface area (Å²) in [6.07, 6.45) is 2.14. The van der Waals surface area contributed by atoms with E-state index in [9.17, 15) is 4.79 Å². The van der Waals surface area contributed by atoms with E-state index in [-0.39, 0.29) is 18.7 Å². The van der Waals surface area contributed by atoms with Gasteiger partial charge < -0.3 is 15.7 Å². The molecule has 2 rings (SSSR count). The number of carbonyl (C=O) groups excluding carboxylic acids is 1. The van der Waals surface area contributed by atoms with Crippen LogP contribution in [-0.4, -0.2) is 48.3 Å². The number of piperidine rings is 1. The van der Waals surface area contributed by atoms with Crippen LogP contribution in [0.3, 0.4) is 0 Å². The summed E-state index contributed by atoms with van der Waals surface area (Å²) in [6, 6.07) is 7.55. The molecule has 3 N–H and O–H groups in total. The van der Waals surface area contributed by atoms with Crippen molar-refractivity contribution in [2.24, 2.45) is 5.92 Å². The molecule has 2 amide bonds. The highest BCUT2D eigenvalue weighted by atomic mass is 35.5. The van der Waals surface area contributed by atoms with Crippen molar-refractivity contribution in [1.82, 2.24) is 15.5 Å². The molecular weight excluding hydrogens is 314 g/mol.